The fourth-order valence-corrected chi connectivity index (χ4v) is 4.58. The Kier molecular flexibility index (Phi) is 5.76. The first-order valence-corrected chi connectivity index (χ1v) is 10.7. The monoisotopic (exact) mass is 411 g/mol. The molecular formula is C23H26ClN3O2. The molecule has 5 nitrogen and oxygen atoms in total. The summed E-state index contributed by atoms with van der Waals surface area (Å²) >= 11 is 6.02. The number of carbonyl (C=O) groups is 2. The molecule has 2 aromatic rings. The Hall–Kier alpha value is -2.53. The van der Waals surface area contributed by atoms with Crippen LogP contribution in [0.4, 0.5) is 5.69 Å². The van der Waals surface area contributed by atoms with Gasteiger partial charge in [-0.3, -0.25) is 9.59 Å². The summed E-state index contributed by atoms with van der Waals surface area (Å²) in [5.74, 6) is -0.0675. The Labute approximate surface area is 176 Å². The number of nitrogens with zero attached hydrogens (tertiary/aromatic N) is 2. The van der Waals surface area contributed by atoms with Gasteiger partial charge < -0.3 is 15.1 Å². The molecule has 2 amide bonds. The lowest BCUT2D eigenvalue weighted by molar-refractivity contribution is 0.0656. The van der Waals surface area contributed by atoms with E-state index in [1.165, 1.54) is 0 Å². The van der Waals surface area contributed by atoms with E-state index in [0.29, 0.717) is 22.7 Å². The maximum atomic E-state index is 13.1. The molecule has 0 bridgehead atoms. The van der Waals surface area contributed by atoms with Gasteiger partial charge in [-0.25, -0.2) is 0 Å². The minimum Gasteiger partial charge on any atom is -0.351 e. The van der Waals surface area contributed by atoms with Gasteiger partial charge >= 0.3 is 0 Å². The molecule has 2 aliphatic heterocycles. The topological polar surface area (TPSA) is 52.7 Å². The molecule has 0 saturated carbocycles. The SMILES string of the molecule is CCN1c2cc(C(=O)NCc3cccc(Cl)c3)ccc2C(=O)N2CCCCCC21. The molecule has 1 N–H and O–H groups in total. The van der Waals surface area contributed by atoms with Gasteiger partial charge in [0.25, 0.3) is 11.8 Å². The van der Waals surface area contributed by atoms with E-state index in [9.17, 15) is 9.59 Å². The zero-order chi connectivity index (χ0) is 20.4. The summed E-state index contributed by atoms with van der Waals surface area (Å²) in [5.41, 5.74) is 3.08. The van der Waals surface area contributed by atoms with Gasteiger partial charge in [0.2, 0.25) is 0 Å². The number of hydrogen-bond donors (Lipinski definition) is 1. The maximum absolute atomic E-state index is 13.1. The van der Waals surface area contributed by atoms with E-state index in [4.69, 9.17) is 11.6 Å². The van der Waals surface area contributed by atoms with Crippen molar-refractivity contribution in [1.29, 1.82) is 0 Å². The summed E-state index contributed by atoms with van der Waals surface area (Å²) in [6.45, 7) is 4.12. The predicted octanol–water partition coefficient (Wildman–Crippen LogP) is 4.45. The van der Waals surface area contributed by atoms with Gasteiger partial charge in [-0.05, 0) is 62.1 Å². The standard InChI is InChI=1S/C23H26ClN3O2/c1-2-26-20-14-17(22(28)25-15-16-7-6-8-18(24)13-16)10-11-19(20)23(29)27-12-5-3-4-9-21(26)27/h6-8,10-11,13-14,21H,2-5,9,12,15H2,1H3,(H,25,28). The molecule has 152 valence electrons. The van der Waals surface area contributed by atoms with Crippen molar-refractivity contribution in [2.45, 2.75) is 45.3 Å². The van der Waals surface area contributed by atoms with Crippen LogP contribution in [-0.4, -0.2) is 36.0 Å². The summed E-state index contributed by atoms with van der Waals surface area (Å²) in [7, 11) is 0. The zero-order valence-corrected chi connectivity index (χ0v) is 17.4. The quantitative estimate of drug-likeness (QED) is 0.808. The molecule has 1 atom stereocenters. The third kappa shape index (κ3) is 3.97. The van der Waals surface area contributed by atoms with Crippen molar-refractivity contribution in [2.24, 2.45) is 0 Å². The van der Waals surface area contributed by atoms with E-state index in [1.807, 2.05) is 35.2 Å². The van der Waals surface area contributed by atoms with Gasteiger partial charge in [-0.15, -0.1) is 0 Å². The van der Waals surface area contributed by atoms with Gasteiger partial charge in [0, 0.05) is 30.2 Å². The Morgan fingerprint density at radius 3 is 2.83 bits per heavy atom. The number of rotatable bonds is 4. The van der Waals surface area contributed by atoms with Crippen LogP contribution < -0.4 is 10.2 Å². The summed E-state index contributed by atoms with van der Waals surface area (Å²) in [6.07, 6.45) is 4.40. The lowest BCUT2D eigenvalue weighted by atomic mass is 10.0. The molecule has 2 aromatic carbocycles. The molecule has 1 saturated heterocycles. The highest BCUT2D eigenvalue weighted by atomic mass is 35.5. The Bertz CT molecular complexity index is 930. The van der Waals surface area contributed by atoms with Crippen molar-refractivity contribution in [3.05, 3.63) is 64.2 Å². The largest absolute Gasteiger partial charge is 0.351 e. The van der Waals surface area contributed by atoms with E-state index in [1.54, 1.807) is 12.1 Å². The first-order chi connectivity index (χ1) is 14.1. The smallest absolute Gasteiger partial charge is 0.257 e. The van der Waals surface area contributed by atoms with Crippen LogP contribution >= 0.6 is 11.6 Å². The Morgan fingerprint density at radius 2 is 2.03 bits per heavy atom. The number of nitrogens with one attached hydrogen (secondary N) is 1. The number of anilines is 1. The van der Waals surface area contributed by atoms with Gasteiger partial charge in [-0.1, -0.05) is 30.2 Å². The molecule has 6 heteroatoms. The van der Waals surface area contributed by atoms with Crippen LogP contribution in [0.25, 0.3) is 0 Å². The Morgan fingerprint density at radius 1 is 1.17 bits per heavy atom. The van der Waals surface area contributed by atoms with E-state index < -0.39 is 0 Å². The summed E-state index contributed by atoms with van der Waals surface area (Å²) in [4.78, 5) is 30.1. The lowest BCUT2D eigenvalue weighted by Crippen LogP contribution is -2.55. The van der Waals surface area contributed by atoms with Crippen molar-refractivity contribution in [2.75, 3.05) is 18.0 Å². The molecule has 29 heavy (non-hydrogen) atoms. The molecular weight excluding hydrogens is 386 g/mol. The van der Waals surface area contributed by atoms with E-state index >= 15 is 0 Å². The lowest BCUT2D eigenvalue weighted by Gasteiger charge is -2.44. The average molecular weight is 412 g/mol. The van der Waals surface area contributed by atoms with Crippen LogP contribution in [0, 0.1) is 0 Å². The third-order valence-corrected chi connectivity index (χ3v) is 6.06. The van der Waals surface area contributed by atoms with Crippen molar-refractivity contribution in [1.82, 2.24) is 10.2 Å². The number of amides is 2. The molecule has 0 aromatic heterocycles. The van der Waals surface area contributed by atoms with Crippen LogP contribution in [0.2, 0.25) is 5.02 Å². The Balaban J connectivity index is 1.58. The van der Waals surface area contributed by atoms with E-state index in [2.05, 4.69) is 17.1 Å². The highest BCUT2D eigenvalue weighted by Crippen LogP contribution is 2.35. The fourth-order valence-electron chi connectivity index (χ4n) is 4.37. The second-order valence-corrected chi connectivity index (χ2v) is 8.10. The predicted molar refractivity (Wildman–Crippen MR) is 115 cm³/mol. The minimum atomic E-state index is -0.153. The first kappa shape index (κ1) is 19.8. The summed E-state index contributed by atoms with van der Waals surface area (Å²) in [5, 5.41) is 3.60. The van der Waals surface area contributed by atoms with E-state index in [-0.39, 0.29) is 18.0 Å². The molecule has 1 unspecified atom stereocenters. The average Bonchev–Trinajstić information content (AvgIpc) is 2.98. The number of hydrogen-bond acceptors (Lipinski definition) is 3. The summed E-state index contributed by atoms with van der Waals surface area (Å²) < 4.78 is 0. The van der Waals surface area contributed by atoms with Crippen LogP contribution in [0.3, 0.4) is 0 Å². The van der Waals surface area contributed by atoms with Crippen molar-refractivity contribution in [3.63, 3.8) is 0 Å². The normalized spacial score (nSPS) is 18.7. The van der Waals surface area contributed by atoms with Crippen molar-refractivity contribution in [3.8, 4) is 0 Å². The second kappa shape index (κ2) is 8.46. The molecule has 2 heterocycles. The van der Waals surface area contributed by atoms with Crippen LogP contribution in [-0.2, 0) is 6.54 Å². The van der Waals surface area contributed by atoms with Crippen LogP contribution in [0.5, 0.6) is 0 Å². The molecule has 4 rings (SSSR count). The molecule has 1 fully saturated rings. The first-order valence-electron chi connectivity index (χ1n) is 10.3. The fraction of sp³-hybridized carbons (Fsp3) is 0.391. The number of halogens is 1. The summed E-state index contributed by atoms with van der Waals surface area (Å²) in [6, 6.07) is 12.9. The van der Waals surface area contributed by atoms with Gasteiger partial charge in [0.05, 0.1) is 11.3 Å². The molecule has 0 radical (unpaired) electrons. The second-order valence-electron chi connectivity index (χ2n) is 7.66. The zero-order valence-electron chi connectivity index (χ0n) is 16.7. The van der Waals surface area contributed by atoms with Crippen LogP contribution in [0.15, 0.2) is 42.5 Å². The van der Waals surface area contributed by atoms with Crippen molar-refractivity contribution < 1.29 is 9.59 Å². The third-order valence-electron chi connectivity index (χ3n) is 5.82. The number of fused-ring (bicyclic) bond motifs is 2. The molecule has 2 aliphatic rings. The molecule has 0 aliphatic carbocycles. The number of carbonyl (C=O) groups excluding carboxylic acids is 2. The minimum absolute atomic E-state index is 0.0856. The maximum Gasteiger partial charge on any atom is 0.257 e. The van der Waals surface area contributed by atoms with E-state index in [0.717, 1.165) is 50.0 Å². The van der Waals surface area contributed by atoms with Gasteiger partial charge in [0.15, 0.2) is 0 Å². The van der Waals surface area contributed by atoms with Crippen molar-refractivity contribution >= 4 is 29.1 Å². The molecule has 0 spiro atoms. The van der Waals surface area contributed by atoms with Crippen LogP contribution in [0.1, 0.15) is 58.9 Å². The highest BCUT2D eigenvalue weighted by Gasteiger charge is 2.37. The van der Waals surface area contributed by atoms with Gasteiger partial charge in [-0.2, -0.15) is 0 Å². The van der Waals surface area contributed by atoms with Gasteiger partial charge in [0.1, 0.15) is 6.17 Å². The highest BCUT2D eigenvalue weighted by molar-refractivity contribution is 6.30. The number of benzene rings is 2.